The molecule has 0 aromatic heterocycles. The molecule has 0 aliphatic carbocycles. The summed E-state index contributed by atoms with van der Waals surface area (Å²) < 4.78 is 6.45. The van der Waals surface area contributed by atoms with Crippen LogP contribution in [0.3, 0.4) is 0 Å². The fourth-order valence-electron chi connectivity index (χ4n) is 2.46. The van der Waals surface area contributed by atoms with Gasteiger partial charge in [-0.15, -0.1) is 0 Å². The number of ether oxygens (including phenoxy) is 1. The van der Waals surface area contributed by atoms with E-state index >= 15 is 0 Å². The van der Waals surface area contributed by atoms with Crippen molar-refractivity contribution in [1.29, 1.82) is 0 Å². The molecule has 22 heavy (non-hydrogen) atoms. The summed E-state index contributed by atoms with van der Waals surface area (Å²) in [5, 5.41) is 9.63. The van der Waals surface area contributed by atoms with Crippen LogP contribution in [0.4, 0.5) is 10.5 Å². The first kappa shape index (κ1) is 17.1. The number of hydrogen-bond donors (Lipinski definition) is 1. The highest BCUT2D eigenvalue weighted by Gasteiger charge is 2.33. The van der Waals surface area contributed by atoms with Gasteiger partial charge in [-0.2, -0.15) is 0 Å². The predicted molar refractivity (Wildman–Crippen MR) is 90.2 cm³/mol. The van der Waals surface area contributed by atoms with Crippen molar-refractivity contribution in [1.82, 2.24) is 4.90 Å². The number of nitrogens with zero attached hydrogens (tertiary/aromatic N) is 2. The van der Waals surface area contributed by atoms with Crippen molar-refractivity contribution in [2.24, 2.45) is 0 Å². The SMILES string of the molecule is CC(C)(C)OC(=O)N1CCN(c2ccc(Br)cc2)CC1CO. The van der Waals surface area contributed by atoms with Crippen LogP contribution in [0.2, 0.25) is 0 Å². The Labute approximate surface area is 140 Å². The normalized spacial score (nSPS) is 19.2. The van der Waals surface area contributed by atoms with Crippen LogP contribution in [-0.4, -0.2) is 54.0 Å². The smallest absolute Gasteiger partial charge is 0.410 e. The monoisotopic (exact) mass is 370 g/mol. The highest BCUT2D eigenvalue weighted by molar-refractivity contribution is 9.10. The second kappa shape index (κ2) is 6.87. The molecule has 1 amide bonds. The van der Waals surface area contributed by atoms with Gasteiger partial charge in [-0.1, -0.05) is 15.9 Å². The van der Waals surface area contributed by atoms with E-state index in [4.69, 9.17) is 4.74 Å². The molecule has 5 nitrogen and oxygen atoms in total. The molecule has 0 spiro atoms. The Balaban J connectivity index is 2.05. The second-order valence-corrected chi connectivity index (χ2v) is 7.35. The Kier molecular flexibility index (Phi) is 5.34. The maximum absolute atomic E-state index is 12.2. The second-order valence-electron chi connectivity index (χ2n) is 6.43. The van der Waals surface area contributed by atoms with E-state index in [0.717, 1.165) is 16.7 Å². The van der Waals surface area contributed by atoms with Gasteiger partial charge in [0, 0.05) is 29.8 Å². The van der Waals surface area contributed by atoms with Crippen molar-refractivity contribution in [3.8, 4) is 0 Å². The van der Waals surface area contributed by atoms with E-state index in [1.807, 2.05) is 45.0 Å². The molecule has 1 aromatic carbocycles. The van der Waals surface area contributed by atoms with Gasteiger partial charge in [0.25, 0.3) is 0 Å². The Hall–Kier alpha value is -1.27. The minimum Gasteiger partial charge on any atom is -0.444 e. The largest absolute Gasteiger partial charge is 0.444 e. The third-order valence-corrected chi connectivity index (χ3v) is 4.04. The van der Waals surface area contributed by atoms with Crippen molar-refractivity contribution in [2.45, 2.75) is 32.4 Å². The lowest BCUT2D eigenvalue weighted by molar-refractivity contribution is 0.00704. The minimum absolute atomic E-state index is 0.0771. The summed E-state index contributed by atoms with van der Waals surface area (Å²) in [5.41, 5.74) is 0.561. The molecular weight excluding hydrogens is 348 g/mol. The number of carbonyl (C=O) groups excluding carboxylic acids is 1. The predicted octanol–water partition coefficient (Wildman–Crippen LogP) is 2.87. The van der Waals surface area contributed by atoms with E-state index in [9.17, 15) is 9.90 Å². The lowest BCUT2D eigenvalue weighted by Crippen LogP contribution is -2.57. The average molecular weight is 371 g/mol. The maximum atomic E-state index is 12.2. The first-order valence-electron chi connectivity index (χ1n) is 7.41. The minimum atomic E-state index is -0.528. The van der Waals surface area contributed by atoms with Crippen molar-refractivity contribution >= 4 is 27.7 Å². The molecule has 0 bridgehead atoms. The third-order valence-electron chi connectivity index (χ3n) is 3.51. The molecule has 0 saturated carbocycles. The maximum Gasteiger partial charge on any atom is 0.410 e. The lowest BCUT2D eigenvalue weighted by atomic mass is 10.1. The van der Waals surface area contributed by atoms with Crippen LogP contribution in [0.5, 0.6) is 0 Å². The van der Waals surface area contributed by atoms with E-state index in [-0.39, 0.29) is 18.7 Å². The molecule has 1 unspecified atom stereocenters. The number of amides is 1. The number of halogens is 1. The van der Waals surface area contributed by atoms with Gasteiger partial charge in [-0.25, -0.2) is 4.79 Å². The van der Waals surface area contributed by atoms with Crippen LogP contribution in [0.1, 0.15) is 20.8 Å². The number of rotatable bonds is 2. The number of anilines is 1. The zero-order valence-corrected chi connectivity index (χ0v) is 14.8. The molecule has 6 heteroatoms. The number of aliphatic hydroxyl groups excluding tert-OH is 1. The van der Waals surface area contributed by atoms with Crippen LogP contribution in [0.15, 0.2) is 28.7 Å². The summed E-state index contributed by atoms with van der Waals surface area (Å²) in [6.07, 6.45) is -0.359. The number of benzene rings is 1. The van der Waals surface area contributed by atoms with Gasteiger partial charge in [-0.05, 0) is 45.0 Å². The first-order chi connectivity index (χ1) is 10.3. The standard InChI is InChI=1S/C16H23BrN2O3/c1-16(2,3)22-15(21)19-9-8-18(10-14(19)11-20)13-6-4-12(17)5-7-13/h4-7,14,20H,8-11H2,1-3H3. The quantitative estimate of drug-likeness (QED) is 0.869. The lowest BCUT2D eigenvalue weighted by Gasteiger charge is -2.41. The molecule has 1 N–H and O–H groups in total. The summed E-state index contributed by atoms with van der Waals surface area (Å²) in [4.78, 5) is 16.0. The number of carbonyl (C=O) groups is 1. The Morgan fingerprint density at radius 1 is 1.32 bits per heavy atom. The van der Waals surface area contributed by atoms with Crippen LogP contribution in [0.25, 0.3) is 0 Å². The van der Waals surface area contributed by atoms with Crippen LogP contribution in [0, 0.1) is 0 Å². The number of aliphatic hydroxyl groups is 1. The van der Waals surface area contributed by atoms with E-state index in [0.29, 0.717) is 13.1 Å². The first-order valence-corrected chi connectivity index (χ1v) is 8.20. The van der Waals surface area contributed by atoms with Gasteiger partial charge in [0.15, 0.2) is 0 Å². The molecule has 122 valence electrons. The molecule has 1 aliphatic rings. The Bertz CT molecular complexity index is 513. The molecule has 1 saturated heterocycles. The van der Waals surface area contributed by atoms with Crippen molar-refractivity contribution < 1.29 is 14.6 Å². The summed E-state index contributed by atoms with van der Waals surface area (Å²) in [6, 6.07) is 7.78. The summed E-state index contributed by atoms with van der Waals surface area (Å²) in [6.45, 7) is 7.31. The highest BCUT2D eigenvalue weighted by Crippen LogP contribution is 2.22. The van der Waals surface area contributed by atoms with E-state index in [2.05, 4.69) is 20.8 Å². The summed E-state index contributed by atoms with van der Waals surface area (Å²) >= 11 is 3.42. The van der Waals surface area contributed by atoms with E-state index in [1.165, 1.54) is 0 Å². The topological polar surface area (TPSA) is 53.0 Å². The van der Waals surface area contributed by atoms with Crippen LogP contribution >= 0.6 is 15.9 Å². The molecular formula is C16H23BrN2O3. The van der Waals surface area contributed by atoms with Crippen molar-refractivity contribution in [2.75, 3.05) is 31.1 Å². The van der Waals surface area contributed by atoms with Gasteiger partial charge < -0.3 is 14.7 Å². The molecule has 1 fully saturated rings. The van der Waals surface area contributed by atoms with Gasteiger partial charge in [0.1, 0.15) is 5.60 Å². The molecule has 1 aliphatic heterocycles. The van der Waals surface area contributed by atoms with Crippen molar-refractivity contribution in [3.05, 3.63) is 28.7 Å². The molecule has 1 atom stereocenters. The summed E-state index contributed by atoms with van der Waals surface area (Å²) in [7, 11) is 0. The third kappa shape index (κ3) is 4.36. The molecule has 1 aromatic rings. The van der Waals surface area contributed by atoms with Gasteiger partial charge >= 0.3 is 6.09 Å². The Morgan fingerprint density at radius 2 is 1.95 bits per heavy atom. The zero-order chi connectivity index (χ0) is 16.3. The fraction of sp³-hybridized carbons (Fsp3) is 0.562. The van der Waals surface area contributed by atoms with E-state index in [1.54, 1.807) is 4.90 Å². The Morgan fingerprint density at radius 3 is 2.50 bits per heavy atom. The van der Waals surface area contributed by atoms with Crippen LogP contribution in [-0.2, 0) is 4.74 Å². The molecule has 1 heterocycles. The van der Waals surface area contributed by atoms with Crippen molar-refractivity contribution in [3.63, 3.8) is 0 Å². The van der Waals surface area contributed by atoms with Crippen LogP contribution < -0.4 is 4.90 Å². The van der Waals surface area contributed by atoms with Gasteiger partial charge in [-0.3, -0.25) is 4.90 Å². The number of hydrogen-bond acceptors (Lipinski definition) is 4. The fourth-order valence-corrected chi connectivity index (χ4v) is 2.72. The average Bonchev–Trinajstić information content (AvgIpc) is 2.45. The number of piperazine rings is 1. The summed E-state index contributed by atoms with van der Waals surface area (Å²) in [5.74, 6) is 0. The molecule has 0 radical (unpaired) electrons. The zero-order valence-electron chi connectivity index (χ0n) is 13.3. The van der Waals surface area contributed by atoms with Gasteiger partial charge in [0.05, 0.1) is 12.6 Å². The van der Waals surface area contributed by atoms with Gasteiger partial charge in [0.2, 0.25) is 0 Å². The van der Waals surface area contributed by atoms with E-state index < -0.39 is 5.60 Å². The molecule has 2 rings (SSSR count). The highest BCUT2D eigenvalue weighted by atomic mass is 79.9.